The van der Waals surface area contributed by atoms with Crippen LogP contribution in [-0.2, 0) is 12.8 Å². The largest absolute Gasteiger partial charge is 0.351 e. The minimum absolute atomic E-state index is 0.129. The summed E-state index contributed by atoms with van der Waals surface area (Å²) in [7, 11) is 0. The molecule has 1 fully saturated rings. The van der Waals surface area contributed by atoms with E-state index in [0.717, 1.165) is 30.8 Å². The van der Waals surface area contributed by atoms with Crippen LogP contribution in [0.15, 0.2) is 6.07 Å². The fourth-order valence-electron chi connectivity index (χ4n) is 4.14. The molecule has 2 heterocycles. The topological polar surface area (TPSA) is 32.3 Å². The van der Waals surface area contributed by atoms with Crippen molar-refractivity contribution in [2.45, 2.75) is 71.6 Å². The van der Waals surface area contributed by atoms with Crippen molar-refractivity contribution >= 4 is 17.2 Å². The number of fused-ring (bicyclic) bond motifs is 1. The minimum Gasteiger partial charge on any atom is -0.351 e. The first-order chi connectivity index (χ1) is 12.0. The second-order valence-corrected chi connectivity index (χ2v) is 9.79. The summed E-state index contributed by atoms with van der Waals surface area (Å²) in [6.07, 6.45) is 11.5. The van der Waals surface area contributed by atoms with Crippen molar-refractivity contribution in [3.8, 4) is 0 Å². The Morgan fingerprint density at radius 3 is 2.52 bits per heavy atom. The van der Waals surface area contributed by atoms with Crippen LogP contribution in [0, 0.1) is 5.41 Å². The molecule has 0 bridgehead atoms. The Morgan fingerprint density at radius 2 is 1.76 bits per heavy atom. The number of amides is 1. The average Bonchev–Trinajstić information content (AvgIpc) is 3.21. The van der Waals surface area contributed by atoms with Crippen molar-refractivity contribution in [1.29, 1.82) is 0 Å². The highest BCUT2D eigenvalue weighted by molar-refractivity contribution is 7.14. The van der Waals surface area contributed by atoms with Gasteiger partial charge in [-0.15, -0.1) is 11.3 Å². The first-order valence-electron chi connectivity index (χ1n) is 10.2. The Bertz CT molecular complexity index is 547. The summed E-state index contributed by atoms with van der Waals surface area (Å²) in [5.74, 6) is 0.129. The van der Waals surface area contributed by atoms with E-state index in [-0.39, 0.29) is 11.3 Å². The Kier molecular flexibility index (Phi) is 6.56. The fourth-order valence-corrected chi connectivity index (χ4v) is 5.31. The van der Waals surface area contributed by atoms with Crippen LogP contribution < -0.4 is 5.32 Å². The van der Waals surface area contributed by atoms with Gasteiger partial charge in [0.2, 0.25) is 0 Å². The smallest absolute Gasteiger partial charge is 0.261 e. The number of hydrogen-bond donors (Lipinski definition) is 1. The summed E-state index contributed by atoms with van der Waals surface area (Å²) < 4.78 is 0. The average molecular weight is 363 g/mol. The molecule has 0 spiro atoms. The van der Waals surface area contributed by atoms with Crippen LogP contribution in [0.4, 0.5) is 0 Å². The fraction of sp³-hybridized carbons (Fsp3) is 0.762. The molecular formula is C21H34N2OS. The Morgan fingerprint density at radius 1 is 1.08 bits per heavy atom. The van der Waals surface area contributed by atoms with Crippen molar-refractivity contribution in [1.82, 2.24) is 10.2 Å². The van der Waals surface area contributed by atoms with E-state index in [2.05, 4.69) is 30.1 Å². The molecule has 0 atom stereocenters. The van der Waals surface area contributed by atoms with E-state index in [9.17, 15) is 4.79 Å². The quantitative estimate of drug-likeness (QED) is 0.827. The van der Waals surface area contributed by atoms with Gasteiger partial charge in [-0.25, -0.2) is 0 Å². The van der Waals surface area contributed by atoms with E-state index in [1.165, 1.54) is 68.5 Å². The van der Waals surface area contributed by atoms with E-state index >= 15 is 0 Å². The molecule has 3 rings (SSSR count). The highest BCUT2D eigenvalue weighted by Crippen LogP contribution is 2.28. The second-order valence-electron chi connectivity index (χ2n) is 8.66. The highest BCUT2D eigenvalue weighted by atomic mass is 32.1. The standard InChI is InChI=1S/C21H34N2OS/c1-21(2,16-23-12-8-9-13-23)15-22-20(24)19-14-17-10-6-4-3-5-7-11-18(17)25-19/h14H,3-13,15-16H2,1-2H3,(H,22,24). The Hall–Kier alpha value is -0.870. The van der Waals surface area contributed by atoms with E-state index in [0.29, 0.717) is 0 Å². The molecule has 0 unspecified atom stereocenters. The first kappa shape index (κ1) is 18.9. The summed E-state index contributed by atoms with van der Waals surface area (Å²) >= 11 is 1.74. The predicted molar refractivity (Wildman–Crippen MR) is 107 cm³/mol. The SMILES string of the molecule is CC(C)(CNC(=O)c1cc2c(s1)CCCCCCC2)CN1CCCC1. The van der Waals surface area contributed by atoms with Crippen molar-refractivity contribution in [3.63, 3.8) is 0 Å². The van der Waals surface area contributed by atoms with Crippen LogP contribution in [0.2, 0.25) is 0 Å². The molecule has 1 aromatic heterocycles. The lowest BCUT2D eigenvalue weighted by atomic mass is 9.92. The summed E-state index contributed by atoms with van der Waals surface area (Å²) in [6.45, 7) is 8.80. The maximum Gasteiger partial charge on any atom is 0.261 e. The molecule has 1 aromatic rings. The van der Waals surface area contributed by atoms with Gasteiger partial charge in [0, 0.05) is 18.0 Å². The number of carbonyl (C=O) groups is 1. The highest BCUT2D eigenvalue weighted by Gasteiger charge is 2.25. The third kappa shape index (κ3) is 5.55. The number of nitrogens with zero attached hydrogens (tertiary/aromatic N) is 1. The molecular weight excluding hydrogens is 328 g/mol. The van der Waals surface area contributed by atoms with Crippen molar-refractivity contribution in [3.05, 3.63) is 21.4 Å². The summed E-state index contributed by atoms with van der Waals surface area (Å²) in [5.41, 5.74) is 1.57. The zero-order chi connectivity index (χ0) is 17.7. The maximum absolute atomic E-state index is 12.7. The van der Waals surface area contributed by atoms with Gasteiger partial charge in [0.1, 0.15) is 0 Å². The van der Waals surface area contributed by atoms with Crippen LogP contribution in [0.1, 0.15) is 78.9 Å². The number of aryl methyl sites for hydroxylation is 2. The molecule has 1 saturated heterocycles. The molecule has 4 heteroatoms. The Labute approximate surface area is 157 Å². The molecule has 25 heavy (non-hydrogen) atoms. The van der Waals surface area contributed by atoms with E-state index in [4.69, 9.17) is 0 Å². The molecule has 1 aliphatic heterocycles. The van der Waals surface area contributed by atoms with Gasteiger partial charge in [0.15, 0.2) is 0 Å². The molecule has 1 aliphatic carbocycles. The number of carbonyl (C=O) groups excluding carboxylic acids is 1. The van der Waals surface area contributed by atoms with Crippen LogP contribution in [0.3, 0.4) is 0 Å². The summed E-state index contributed by atoms with van der Waals surface area (Å²) in [5, 5.41) is 3.21. The first-order valence-corrected chi connectivity index (χ1v) is 11.0. The molecule has 2 aliphatic rings. The normalized spacial score (nSPS) is 19.8. The van der Waals surface area contributed by atoms with E-state index in [1.54, 1.807) is 11.3 Å². The van der Waals surface area contributed by atoms with Gasteiger partial charge in [0.05, 0.1) is 4.88 Å². The van der Waals surface area contributed by atoms with Gasteiger partial charge in [-0.1, -0.05) is 33.1 Å². The van der Waals surface area contributed by atoms with Crippen LogP contribution in [0.5, 0.6) is 0 Å². The lowest BCUT2D eigenvalue weighted by Gasteiger charge is -2.30. The van der Waals surface area contributed by atoms with E-state index < -0.39 is 0 Å². The molecule has 140 valence electrons. The lowest BCUT2D eigenvalue weighted by molar-refractivity contribution is 0.0930. The molecule has 0 aromatic carbocycles. The van der Waals surface area contributed by atoms with Gasteiger partial charge in [-0.3, -0.25) is 4.79 Å². The molecule has 0 radical (unpaired) electrons. The van der Waals surface area contributed by atoms with Gasteiger partial charge in [0.25, 0.3) is 5.91 Å². The molecule has 1 amide bonds. The van der Waals surface area contributed by atoms with Gasteiger partial charge < -0.3 is 10.2 Å². The number of thiophene rings is 1. The third-order valence-electron chi connectivity index (χ3n) is 5.55. The van der Waals surface area contributed by atoms with Gasteiger partial charge >= 0.3 is 0 Å². The molecule has 1 N–H and O–H groups in total. The number of rotatable bonds is 5. The number of nitrogens with one attached hydrogen (secondary N) is 1. The van der Waals surface area contributed by atoms with Gasteiger partial charge in [-0.2, -0.15) is 0 Å². The third-order valence-corrected chi connectivity index (χ3v) is 6.78. The van der Waals surface area contributed by atoms with Crippen molar-refractivity contribution in [2.75, 3.05) is 26.2 Å². The second kappa shape index (κ2) is 8.68. The maximum atomic E-state index is 12.7. The lowest BCUT2D eigenvalue weighted by Crippen LogP contribution is -2.41. The van der Waals surface area contributed by atoms with Crippen LogP contribution >= 0.6 is 11.3 Å². The predicted octanol–water partition coefficient (Wildman–Crippen LogP) is 4.65. The number of hydrogen-bond acceptors (Lipinski definition) is 3. The minimum atomic E-state index is 0.129. The van der Waals surface area contributed by atoms with Crippen LogP contribution in [-0.4, -0.2) is 37.0 Å². The monoisotopic (exact) mass is 362 g/mol. The zero-order valence-electron chi connectivity index (χ0n) is 16.0. The summed E-state index contributed by atoms with van der Waals surface area (Å²) in [4.78, 5) is 17.6. The van der Waals surface area contributed by atoms with Gasteiger partial charge in [-0.05, 0) is 68.7 Å². The number of likely N-dealkylation sites (tertiary alicyclic amines) is 1. The van der Waals surface area contributed by atoms with Crippen LogP contribution in [0.25, 0.3) is 0 Å². The molecule has 3 nitrogen and oxygen atoms in total. The summed E-state index contributed by atoms with van der Waals surface area (Å²) in [6, 6.07) is 2.17. The van der Waals surface area contributed by atoms with Crippen molar-refractivity contribution in [2.24, 2.45) is 5.41 Å². The zero-order valence-corrected chi connectivity index (χ0v) is 16.8. The van der Waals surface area contributed by atoms with Crippen molar-refractivity contribution < 1.29 is 4.79 Å². The Balaban J connectivity index is 1.55. The molecule has 0 saturated carbocycles. The van der Waals surface area contributed by atoms with E-state index in [1.807, 2.05) is 0 Å².